The Morgan fingerprint density at radius 1 is 1.12 bits per heavy atom. The summed E-state index contributed by atoms with van der Waals surface area (Å²) in [4.78, 5) is 0. The Bertz CT molecular complexity index is 856. The van der Waals surface area contributed by atoms with Crippen LogP contribution in [0, 0.1) is 0 Å². The largest absolute Gasteiger partial charge is 0.467 e. The summed E-state index contributed by atoms with van der Waals surface area (Å²) < 4.78 is 7.77. The summed E-state index contributed by atoms with van der Waals surface area (Å²) in [6.07, 6.45) is 4.16. The lowest BCUT2D eigenvalue weighted by molar-refractivity contribution is 0.478. The van der Waals surface area contributed by atoms with Gasteiger partial charge in [-0.15, -0.1) is 10.2 Å². The molecule has 0 amide bonds. The first-order valence-corrected chi connectivity index (χ1v) is 10.2. The van der Waals surface area contributed by atoms with Gasteiger partial charge in [-0.2, -0.15) is 0 Å². The van der Waals surface area contributed by atoms with Gasteiger partial charge in [0.25, 0.3) is 0 Å². The highest BCUT2D eigenvalue weighted by Crippen LogP contribution is 2.40. The van der Waals surface area contributed by atoms with E-state index in [0.29, 0.717) is 12.5 Å². The minimum absolute atomic E-state index is 0.189. The number of rotatable bonds is 6. The maximum absolute atomic E-state index is 5.54. The number of hydrogen-bond donors (Lipinski definition) is 0. The first-order valence-electron chi connectivity index (χ1n) is 9.18. The second kappa shape index (κ2) is 6.95. The molecule has 26 heavy (non-hydrogen) atoms. The lowest BCUT2D eigenvalue weighted by Gasteiger charge is -2.19. The third kappa shape index (κ3) is 3.88. The Hall–Kier alpha value is -2.01. The molecule has 2 aromatic heterocycles. The molecule has 1 aliphatic carbocycles. The fourth-order valence-electron chi connectivity index (χ4n) is 3.01. The van der Waals surface area contributed by atoms with Gasteiger partial charge < -0.3 is 4.42 Å². The van der Waals surface area contributed by atoms with Gasteiger partial charge in [-0.3, -0.25) is 4.57 Å². The molecule has 5 heteroatoms. The smallest absolute Gasteiger partial charge is 0.191 e. The fourth-order valence-corrected chi connectivity index (χ4v) is 3.91. The van der Waals surface area contributed by atoms with E-state index in [2.05, 4.69) is 59.8 Å². The molecule has 0 unspecified atom stereocenters. The number of aromatic nitrogens is 3. The van der Waals surface area contributed by atoms with Crippen molar-refractivity contribution in [2.24, 2.45) is 0 Å². The van der Waals surface area contributed by atoms with Crippen LogP contribution in [0.3, 0.4) is 0 Å². The van der Waals surface area contributed by atoms with Crippen LogP contribution in [0.15, 0.2) is 52.2 Å². The monoisotopic (exact) mass is 367 g/mol. The molecule has 0 spiro atoms. The van der Waals surface area contributed by atoms with Crippen molar-refractivity contribution < 1.29 is 4.42 Å². The van der Waals surface area contributed by atoms with E-state index in [1.807, 2.05) is 12.1 Å². The molecule has 136 valence electrons. The SMILES string of the molecule is CC(C)(C)c1ccc(CSc2nnc(C3CC3)n2Cc2ccco2)cc1. The second-order valence-electron chi connectivity index (χ2n) is 8.02. The maximum Gasteiger partial charge on any atom is 0.191 e. The summed E-state index contributed by atoms with van der Waals surface area (Å²) in [7, 11) is 0. The van der Waals surface area contributed by atoms with Crippen molar-refractivity contribution in [1.29, 1.82) is 0 Å². The third-order valence-electron chi connectivity index (χ3n) is 4.77. The number of hydrogen-bond acceptors (Lipinski definition) is 4. The average Bonchev–Trinajstić information content (AvgIpc) is 3.18. The molecule has 0 saturated heterocycles. The summed E-state index contributed by atoms with van der Waals surface area (Å²) in [5.41, 5.74) is 2.86. The van der Waals surface area contributed by atoms with Crippen molar-refractivity contribution in [1.82, 2.24) is 14.8 Å². The van der Waals surface area contributed by atoms with E-state index in [1.165, 1.54) is 24.0 Å². The minimum Gasteiger partial charge on any atom is -0.467 e. The Morgan fingerprint density at radius 2 is 1.88 bits per heavy atom. The first-order chi connectivity index (χ1) is 12.5. The lowest BCUT2D eigenvalue weighted by atomic mass is 9.87. The molecule has 2 heterocycles. The van der Waals surface area contributed by atoms with Crippen LogP contribution in [0.5, 0.6) is 0 Å². The van der Waals surface area contributed by atoms with Crippen molar-refractivity contribution in [3.05, 3.63) is 65.4 Å². The van der Waals surface area contributed by atoms with E-state index in [1.54, 1.807) is 18.0 Å². The van der Waals surface area contributed by atoms with Gasteiger partial charge in [0, 0.05) is 11.7 Å². The maximum atomic E-state index is 5.54. The van der Waals surface area contributed by atoms with Crippen LogP contribution in [-0.2, 0) is 17.7 Å². The normalized spacial score (nSPS) is 14.7. The summed E-state index contributed by atoms with van der Waals surface area (Å²) in [6, 6.07) is 12.9. The van der Waals surface area contributed by atoms with E-state index in [-0.39, 0.29) is 5.41 Å². The van der Waals surface area contributed by atoms with Gasteiger partial charge in [-0.05, 0) is 41.5 Å². The van der Waals surface area contributed by atoms with Crippen molar-refractivity contribution >= 4 is 11.8 Å². The Labute approximate surface area is 159 Å². The van der Waals surface area contributed by atoms with Gasteiger partial charge in [0.15, 0.2) is 5.16 Å². The van der Waals surface area contributed by atoms with Crippen LogP contribution in [0.2, 0.25) is 0 Å². The summed E-state index contributed by atoms with van der Waals surface area (Å²) in [5.74, 6) is 3.51. The average molecular weight is 368 g/mol. The van der Waals surface area contributed by atoms with Crippen molar-refractivity contribution in [3.8, 4) is 0 Å². The zero-order chi connectivity index (χ0) is 18.1. The number of thioether (sulfide) groups is 1. The van der Waals surface area contributed by atoms with Crippen molar-refractivity contribution in [3.63, 3.8) is 0 Å². The van der Waals surface area contributed by atoms with E-state index < -0.39 is 0 Å². The lowest BCUT2D eigenvalue weighted by Crippen LogP contribution is -2.10. The van der Waals surface area contributed by atoms with E-state index in [9.17, 15) is 0 Å². The zero-order valence-corrected chi connectivity index (χ0v) is 16.4. The highest BCUT2D eigenvalue weighted by Gasteiger charge is 2.30. The molecule has 0 bridgehead atoms. The summed E-state index contributed by atoms with van der Waals surface area (Å²) in [6.45, 7) is 7.44. The molecule has 1 saturated carbocycles. The van der Waals surface area contributed by atoms with Gasteiger partial charge in [0.2, 0.25) is 0 Å². The quantitative estimate of drug-likeness (QED) is 0.548. The van der Waals surface area contributed by atoms with E-state index in [4.69, 9.17) is 4.42 Å². The highest BCUT2D eigenvalue weighted by atomic mass is 32.2. The molecule has 0 radical (unpaired) electrons. The van der Waals surface area contributed by atoms with Gasteiger partial charge in [-0.25, -0.2) is 0 Å². The number of furan rings is 1. The second-order valence-corrected chi connectivity index (χ2v) is 8.96. The number of benzene rings is 1. The molecule has 3 aromatic rings. The van der Waals surface area contributed by atoms with Crippen LogP contribution in [0.1, 0.15) is 62.2 Å². The van der Waals surface area contributed by atoms with Crippen LogP contribution >= 0.6 is 11.8 Å². The van der Waals surface area contributed by atoms with Crippen molar-refractivity contribution in [2.75, 3.05) is 0 Å². The molecule has 1 aliphatic rings. The van der Waals surface area contributed by atoms with Crippen LogP contribution in [-0.4, -0.2) is 14.8 Å². The number of nitrogens with zero attached hydrogens (tertiary/aromatic N) is 3. The molecular weight excluding hydrogens is 342 g/mol. The highest BCUT2D eigenvalue weighted by molar-refractivity contribution is 7.98. The molecule has 1 fully saturated rings. The van der Waals surface area contributed by atoms with Gasteiger partial charge in [-0.1, -0.05) is 56.8 Å². The predicted octanol–water partition coefficient (Wildman–Crippen LogP) is 5.39. The van der Waals surface area contributed by atoms with Gasteiger partial charge in [0.05, 0.1) is 12.8 Å². The van der Waals surface area contributed by atoms with Gasteiger partial charge >= 0.3 is 0 Å². The predicted molar refractivity (Wildman–Crippen MR) is 105 cm³/mol. The summed E-state index contributed by atoms with van der Waals surface area (Å²) >= 11 is 1.75. The Balaban J connectivity index is 1.49. The molecule has 0 aliphatic heterocycles. The van der Waals surface area contributed by atoms with E-state index >= 15 is 0 Å². The minimum atomic E-state index is 0.189. The molecule has 4 rings (SSSR count). The zero-order valence-electron chi connectivity index (χ0n) is 15.6. The molecule has 4 nitrogen and oxygen atoms in total. The standard InChI is InChI=1S/C21H25N3OS/c1-21(2,3)17-10-6-15(7-11-17)14-26-20-23-22-19(16-8-9-16)24(20)13-18-5-4-12-25-18/h4-7,10-12,16H,8-9,13-14H2,1-3H3. The molecular formula is C21H25N3OS. The summed E-state index contributed by atoms with van der Waals surface area (Å²) in [5, 5.41) is 9.91. The Morgan fingerprint density at radius 3 is 2.50 bits per heavy atom. The van der Waals surface area contributed by atoms with Crippen molar-refractivity contribution in [2.45, 2.75) is 62.4 Å². The van der Waals surface area contributed by atoms with Crippen LogP contribution < -0.4 is 0 Å². The fraction of sp³-hybridized carbons (Fsp3) is 0.429. The van der Waals surface area contributed by atoms with Crippen LogP contribution in [0.4, 0.5) is 0 Å². The topological polar surface area (TPSA) is 43.9 Å². The van der Waals surface area contributed by atoms with E-state index in [0.717, 1.165) is 22.5 Å². The molecule has 1 aromatic carbocycles. The molecule has 0 atom stereocenters. The third-order valence-corrected chi connectivity index (χ3v) is 5.81. The van der Waals surface area contributed by atoms with Gasteiger partial charge in [0.1, 0.15) is 11.6 Å². The Kier molecular flexibility index (Phi) is 4.65. The first kappa shape index (κ1) is 17.4. The van der Waals surface area contributed by atoms with Crippen LogP contribution in [0.25, 0.3) is 0 Å². The molecule has 0 N–H and O–H groups in total.